The van der Waals surface area contributed by atoms with E-state index in [1.165, 1.54) is 7.92 Å². The summed E-state index contributed by atoms with van der Waals surface area (Å²) in [7, 11) is 2.80. The Hall–Kier alpha value is 0.747. The fourth-order valence-corrected chi connectivity index (χ4v) is 4.68. The van der Waals surface area contributed by atoms with Gasteiger partial charge in [0.25, 0.3) is 0 Å². The highest BCUT2D eigenvalue weighted by molar-refractivity contribution is 7.75. The normalized spacial score (nSPS) is 13.1. The van der Waals surface area contributed by atoms with Crippen molar-refractivity contribution < 1.29 is 0 Å². The van der Waals surface area contributed by atoms with Crippen LogP contribution < -0.4 is 0 Å². The fourth-order valence-electron chi connectivity index (χ4n) is 0.173. The van der Waals surface area contributed by atoms with Gasteiger partial charge in [-0.15, -0.1) is 0 Å². The van der Waals surface area contributed by atoms with Gasteiger partial charge in [0.2, 0.25) is 0 Å². The molecule has 4 heteroatoms. The second-order valence-corrected chi connectivity index (χ2v) is 12.5. The van der Waals surface area contributed by atoms with Gasteiger partial charge in [-0.3, -0.25) is 4.52 Å². The SMILES string of the molecule is C[Si](C)(C)P=NP. The molecule has 0 aliphatic carbocycles. The molecule has 0 aromatic heterocycles. The first kappa shape index (κ1) is 7.75. The van der Waals surface area contributed by atoms with E-state index < -0.39 is 7.74 Å². The van der Waals surface area contributed by atoms with E-state index in [0.717, 1.165) is 0 Å². The standard InChI is InChI=1S/C3H11NP2Si/c1-7(2,3)6-4-5/h5H2,1-3H3. The third-order valence-corrected chi connectivity index (χ3v) is 4.26. The lowest BCUT2D eigenvalue weighted by molar-refractivity contribution is 1.87. The van der Waals surface area contributed by atoms with Gasteiger partial charge in [0.15, 0.2) is 0 Å². The van der Waals surface area contributed by atoms with Crippen molar-refractivity contribution in [2.75, 3.05) is 0 Å². The molecule has 0 saturated carbocycles. The van der Waals surface area contributed by atoms with Gasteiger partial charge >= 0.3 is 0 Å². The highest BCUT2D eigenvalue weighted by Crippen LogP contribution is 2.20. The summed E-state index contributed by atoms with van der Waals surface area (Å²) in [6.07, 6.45) is 0. The molecule has 0 aromatic rings. The predicted molar refractivity (Wildman–Crippen MR) is 42.4 cm³/mol. The molecule has 0 saturated heterocycles. The van der Waals surface area contributed by atoms with E-state index in [4.69, 9.17) is 0 Å². The highest BCUT2D eigenvalue weighted by Gasteiger charge is 2.08. The summed E-state index contributed by atoms with van der Waals surface area (Å²) in [5, 5.41) is 0. The van der Waals surface area contributed by atoms with Crippen molar-refractivity contribution in [3.8, 4) is 0 Å². The maximum absolute atomic E-state index is 3.96. The summed E-state index contributed by atoms with van der Waals surface area (Å²) in [6, 6.07) is 0. The van der Waals surface area contributed by atoms with Crippen molar-refractivity contribution in [2.24, 2.45) is 4.52 Å². The molecule has 0 aliphatic rings. The molecule has 0 amide bonds. The smallest absolute Gasteiger partial charge is 0.126 e. The van der Waals surface area contributed by atoms with Gasteiger partial charge in [-0.2, -0.15) is 0 Å². The zero-order valence-corrected chi connectivity index (χ0v) is 8.02. The van der Waals surface area contributed by atoms with E-state index >= 15 is 0 Å². The maximum atomic E-state index is 3.96. The van der Waals surface area contributed by atoms with Crippen molar-refractivity contribution in [1.29, 1.82) is 0 Å². The first-order chi connectivity index (χ1) is 3.06. The Labute approximate surface area is 49.9 Å². The Balaban J connectivity index is 3.56. The average Bonchev–Trinajstić information content (AvgIpc) is 1.30. The third kappa shape index (κ3) is 6.75. The van der Waals surface area contributed by atoms with Crippen LogP contribution in [0.5, 0.6) is 0 Å². The molecular weight excluding hydrogens is 140 g/mol. The Morgan fingerprint density at radius 2 is 1.86 bits per heavy atom. The van der Waals surface area contributed by atoms with Crippen molar-refractivity contribution in [3.05, 3.63) is 0 Å². The van der Waals surface area contributed by atoms with Gasteiger partial charge in [0.1, 0.15) is 7.74 Å². The Morgan fingerprint density at radius 3 is 1.86 bits per heavy atom. The van der Waals surface area contributed by atoms with E-state index in [0.29, 0.717) is 0 Å². The number of nitrogens with zero attached hydrogens (tertiary/aromatic N) is 1. The molecule has 0 spiro atoms. The lowest BCUT2D eigenvalue weighted by Gasteiger charge is -2.02. The number of hydrogen-bond donors (Lipinski definition) is 0. The van der Waals surface area contributed by atoms with Crippen molar-refractivity contribution in [2.45, 2.75) is 19.6 Å². The summed E-state index contributed by atoms with van der Waals surface area (Å²) < 4.78 is 3.96. The monoisotopic (exact) mass is 151 g/mol. The summed E-state index contributed by atoms with van der Waals surface area (Å²) >= 11 is 0. The topological polar surface area (TPSA) is 12.4 Å². The van der Waals surface area contributed by atoms with Gasteiger partial charge in [-0.25, -0.2) is 0 Å². The van der Waals surface area contributed by atoms with E-state index in [1.807, 2.05) is 0 Å². The minimum Gasteiger partial charge on any atom is -0.258 e. The quantitative estimate of drug-likeness (QED) is 0.403. The maximum Gasteiger partial charge on any atom is 0.126 e. The summed E-state index contributed by atoms with van der Waals surface area (Å²) in [5.74, 6) is 0. The summed E-state index contributed by atoms with van der Waals surface area (Å²) in [6.45, 7) is 6.88. The lowest BCUT2D eigenvalue weighted by Crippen LogP contribution is -2.07. The second kappa shape index (κ2) is 2.91. The number of hydrogen-bond acceptors (Lipinski definition) is 1. The molecule has 0 aromatic carbocycles. The van der Waals surface area contributed by atoms with Crippen LogP contribution in [0.4, 0.5) is 0 Å². The van der Waals surface area contributed by atoms with E-state index in [1.54, 1.807) is 0 Å². The Kier molecular flexibility index (Phi) is 3.22. The van der Waals surface area contributed by atoms with Crippen molar-refractivity contribution in [3.63, 3.8) is 0 Å². The van der Waals surface area contributed by atoms with Gasteiger partial charge in [-0.05, 0) is 17.3 Å². The van der Waals surface area contributed by atoms with Crippen LogP contribution >= 0.6 is 17.3 Å². The van der Waals surface area contributed by atoms with Crippen LogP contribution in [0.2, 0.25) is 19.6 Å². The van der Waals surface area contributed by atoms with Crippen LogP contribution in [0.25, 0.3) is 0 Å². The molecule has 0 radical (unpaired) electrons. The van der Waals surface area contributed by atoms with E-state index in [9.17, 15) is 0 Å². The molecule has 0 rings (SSSR count). The number of rotatable bonds is 1. The van der Waals surface area contributed by atoms with E-state index in [-0.39, 0.29) is 0 Å². The molecule has 42 valence electrons. The van der Waals surface area contributed by atoms with Crippen LogP contribution in [0, 0.1) is 0 Å². The molecule has 1 unspecified atom stereocenters. The fraction of sp³-hybridized carbons (Fsp3) is 1.00. The molecule has 0 N–H and O–H groups in total. The molecular formula is C3H11NP2Si. The van der Waals surface area contributed by atoms with Crippen molar-refractivity contribution in [1.82, 2.24) is 0 Å². The molecule has 0 fully saturated rings. The first-order valence-corrected chi connectivity index (χ1v) is 7.89. The summed E-state index contributed by atoms with van der Waals surface area (Å²) in [4.78, 5) is 0. The third-order valence-electron chi connectivity index (χ3n) is 0.358. The predicted octanol–water partition coefficient (Wildman–Crippen LogP) is 2.74. The zero-order valence-electron chi connectivity index (χ0n) is 4.97. The molecule has 7 heavy (non-hydrogen) atoms. The Morgan fingerprint density at radius 1 is 1.43 bits per heavy atom. The van der Waals surface area contributed by atoms with Crippen LogP contribution in [0.15, 0.2) is 4.52 Å². The van der Waals surface area contributed by atoms with Crippen LogP contribution in [-0.2, 0) is 0 Å². The van der Waals surface area contributed by atoms with Crippen LogP contribution in [0.1, 0.15) is 0 Å². The lowest BCUT2D eigenvalue weighted by atomic mass is 11.8. The first-order valence-electron chi connectivity index (χ1n) is 2.18. The largest absolute Gasteiger partial charge is 0.258 e. The molecule has 0 heterocycles. The molecule has 0 aliphatic heterocycles. The zero-order chi connectivity index (χ0) is 5.91. The van der Waals surface area contributed by atoms with Gasteiger partial charge in [0, 0.05) is 0 Å². The van der Waals surface area contributed by atoms with Crippen molar-refractivity contribution >= 4 is 25.1 Å². The highest BCUT2D eigenvalue weighted by atomic mass is 31.3. The minimum absolute atomic E-state index is 0.872. The average molecular weight is 151 g/mol. The second-order valence-electron chi connectivity index (χ2n) is 2.39. The minimum atomic E-state index is -0.872. The molecule has 1 nitrogen and oxygen atoms in total. The molecule has 1 atom stereocenters. The molecule has 0 bridgehead atoms. The van der Waals surface area contributed by atoms with Gasteiger partial charge in [-0.1, -0.05) is 19.6 Å². The van der Waals surface area contributed by atoms with Gasteiger partial charge < -0.3 is 0 Å². The summed E-state index contributed by atoms with van der Waals surface area (Å²) in [5.41, 5.74) is 0. The Bertz CT molecular complexity index is 75.5. The van der Waals surface area contributed by atoms with Crippen LogP contribution in [-0.4, -0.2) is 7.74 Å². The van der Waals surface area contributed by atoms with E-state index in [2.05, 4.69) is 33.5 Å². The van der Waals surface area contributed by atoms with Crippen LogP contribution in [0.3, 0.4) is 0 Å². The van der Waals surface area contributed by atoms with Gasteiger partial charge in [0.05, 0.1) is 0 Å².